The van der Waals surface area contributed by atoms with Gasteiger partial charge in [-0.25, -0.2) is 14.4 Å². The Labute approximate surface area is 352 Å². The molecule has 3 heterocycles. The summed E-state index contributed by atoms with van der Waals surface area (Å²) in [7, 11) is 1.54. The van der Waals surface area contributed by atoms with E-state index < -0.39 is 36.1 Å². The SMILES string of the molecule is COc1cccc(CN(CCOC(=O)C(C)OC(=O)C(C)OC(=O)CCC(=O)N2CCN=C2Nc2ccc3nccnc3c2Br)C(=O)Nc2ccc(-c3cn[nH]c3)cc2)c1. The van der Waals surface area contributed by atoms with Crippen LogP contribution < -0.4 is 15.4 Å². The minimum atomic E-state index is -1.38. The number of carbonyl (C=O) groups is 5. The van der Waals surface area contributed by atoms with Gasteiger partial charge in [-0.05, 0) is 77.3 Å². The van der Waals surface area contributed by atoms with E-state index in [4.69, 9.17) is 18.9 Å². The first kappa shape index (κ1) is 42.7. The summed E-state index contributed by atoms with van der Waals surface area (Å²) >= 11 is 3.53. The zero-order valence-electron chi connectivity index (χ0n) is 32.9. The van der Waals surface area contributed by atoms with Crippen molar-refractivity contribution < 1.29 is 42.9 Å². The Hall–Kier alpha value is -6.89. The van der Waals surface area contributed by atoms with Crippen LogP contribution >= 0.6 is 15.9 Å². The van der Waals surface area contributed by atoms with Crippen molar-refractivity contribution >= 4 is 74.1 Å². The molecular weight excluding hydrogens is 842 g/mol. The van der Waals surface area contributed by atoms with E-state index in [0.29, 0.717) is 51.7 Å². The molecule has 0 aliphatic carbocycles. The third kappa shape index (κ3) is 11.2. The Morgan fingerprint density at radius 1 is 0.933 bits per heavy atom. The van der Waals surface area contributed by atoms with E-state index in [2.05, 4.69) is 51.7 Å². The molecule has 0 saturated heterocycles. The normalized spacial score (nSPS) is 13.1. The number of methoxy groups -OCH3 is 1. The van der Waals surface area contributed by atoms with E-state index in [1.807, 2.05) is 18.2 Å². The number of anilines is 2. The topological polar surface area (TPSA) is 220 Å². The van der Waals surface area contributed by atoms with Gasteiger partial charge in [0.2, 0.25) is 11.9 Å². The standard InChI is InChI=1S/C41H42BrN9O9/c1-25(38(54)58-20-19-50(24-27-5-4-6-31(21-27)57-3)41(56)48-30-9-7-28(8-10-30)29-22-46-47-23-29)60-39(55)26(2)59-35(53)14-13-34(52)51-18-17-45-40(51)49-32-11-12-33-37(36(32)42)44-16-15-43-33/h4-12,15-16,21-23,25-26H,13-14,17-20,24H2,1-3H3,(H,45,49)(H,46,47)(H,48,56). The third-order valence-electron chi connectivity index (χ3n) is 9.14. The maximum absolute atomic E-state index is 13.5. The van der Waals surface area contributed by atoms with Gasteiger partial charge in [-0.3, -0.25) is 34.5 Å². The van der Waals surface area contributed by atoms with E-state index >= 15 is 0 Å². The average Bonchev–Trinajstić information content (AvgIpc) is 3.97. The number of hydrogen-bond acceptors (Lipinski definition) is 14. The summed E-state index contributed by atoms with van der Waals surface area (Å²) in [5, 5.41) is 12.7. The van der Waals surface area contributed by atoms with Gasteiger partial charge in [-0.1, -0.05) is 24.3 Å². The number of amides is 3. The van der Waals surface area contributed by atoms with Crippen LogP contribution in [0.3, 0.4) is 0 Å². The first-order valence-corrected chi connectivity index (χ1v) is 19.6. The molecule has 3 aromatic carbocycles. The monoisotopic (exact) mass is 883 g/mol. The highest BCUT2D eigenvalue weighted by atomic mass is 79.9. The van der Waals surface area contributed by atoms with Gasteiger partial charge >= 0.3 is 23.9 Å². The number of aromatic amines is 1. The zero-order chi connectivity index (χ0) is 42.6. The van der Waals surface area contributed by atoms with Crippen LogP contribution in [0.2, 0.25) is 0 Å². The van der Waals surface area contributed by atoms with Gasteiger partial charge in [0.15, 0.2) is 12.2 Å². The van der Waals surface area contributed by atoms with E-state index in [1.54, 1.807) is 74.4 Å². The van der Waals surface area contributed by atoms with Crippen molar-refractivity contribution in [2.45, 2.75) is 45.4 Å². The molecule has 0 saturated carbocycles. The van der Waals surface area contributed by atoms with Crippen molar-refractivity contribution in [1.29, 1.82) is 0 Å². The largest absolute Gasteiger partial charge is 0.497 e. The van der Waals surface area contributed by atoms with E-state index in [9.17, 15) is 24.0 Å². The number of nitrogens with zero attached hydrogens (tertiary/aromatic N) is 6. The van der Waals surface area contributed by atoms with Crippen molar-refractivity contribution in [3.05, 3.63) is 95.5 Å². The number of aromatic nitrogens is 4. The number of fused-ring (bicyclic) bond motifs is 1. The lowest BCUT2D eigenvalue weighted by Gasteiger charge is -2.24. The number of ether oxygens (including phenoxy) is 4. The maximum atomic E-state index is 13.5. The highest BCUT2D eigenvalue weighted by Crippen LogP contribution is 2.30. The van der Waals surface area contributed by atoms with Crippen molar-refractivity contribution in [2.24, 2.45) is 4.99 Å². The van der Waals surface area contributed by atoms with Crippen molar-refractivity contribution in [2.75, 3.05) is 44.0 Å². The van der Waals surface area contributed by atoms with Crippen LogP contribution in [0.15, 0.2) is 94.9 Å². The molecular formula is C41H42BrN9O9. The summed E-state index contributed by atoms with van der Waals surface area (Å²) in [6.45, 7) is 3.22. The molecule has 312 valence electrons. The second-order valence-corrected chi connectivity index (χ2v) is 14.2. The smallest absolute Gasteiger partial charge is 0.347 e. The molecule has 2 unspecified atom stereocenters. The number of nitrogens with one attached hydrogen (secondary N) is 3. The molecule has 0 spiro atoms. The van der Waals surface area contributed by atoms with Gasteiger partial charge in [-0.2, -0.15) is 5.10 Å². The molecule has 3 N–H and O–H groups in total. The number of halogens is 1. The fourth-order valence-corrected chi connectivity index (χ4v) is 6.49. The van der Waals surface area contributed by atoms with Crippen LogP contribution in [0, 0.1) is 0 Å². The van der Waals surface area contributed by atoms with Crippen LogP contribution in [0.4, 0.5) is 16.2 Å². The lowest BCUT2D eigenvalue weighted by atomic mass is 10.1. The lowest BCUT2D eigenvalue weighted by Crippen LogP contribution is -2.39. The molecule has 19 heteroatoms. The Bertz CT molecular complexity index is 2360. The molecule has 0 fully saturated rings. The van der Waals surface area contributed by atoms with Crippen molar-refractivity contribution in [3.8, 4) is 16.9 Å². The highest BCUT2D eigenvalue weighted by Gasteiger charge is 2.28. The van der Waals surface area contributed by atoms with Gasteiger partial charge in [0, 0.05) is 49.4 Å². The predicted octanol–water partition coefficient (Wildman–Crippen LogP) is 5.32. The minimum absolute atomic E-state index is 0.00763. The molecule has 3 amide bonds. The first-order chi connectivity index (χ1) is 29.0. The summed E-state index contributed by atoms with van der Waals surface area (Å²) in [6.07, 6.45) is 3.37. The molecule has 60 heavy (non-hydrogen) atoms. The number of guanidine groups is 1. The molecule has 0 bridgehead atoms. The van der Waals surface area contributed by atoms with Crippen molar-refractivity contribution in [1.82, 2.24) is 30.0 Å². The highest BCUT2D eigenvalue weighted by molar-refractivity contribution is 9.10. The Kier molecular flexibility index (Phi) is 14.4. The van der Waals surface area contributed by atoms with Gasteiger partial charge in [0.05, 0.1) is 48.5 Å². The van der Waals surface area contributed by atoms with Gasteiger partial charge < -0.3 is 34.5 Å². The maximum Gasteiger partial charge on any atom is 0.347 e. The summed E-state index contributed by atoms with van der Waals surface area (Å²) in [5.74, 6) is -2.12. The van der Waals surface area contributed by atoms with Gasteiger partial charge in [0.1, 0.15) is 17.9 Å². The number of urea groups is 1. The van der Waals surface area contributed by atoms with Gasteiger partial charge in [0.25, 0.3) is 0 Å². The van der Waals surface area contributed by atoms with Crippen LogP contribution in [0.5, 0.6) is 5.75 Å². The second kappa shape index (κ2) is 20.2. The van der Waals surface area contributed by atoms with Crippen molar-refractivity contribution in [3.63, 3.8) is 0 Å². The average molecular weight is 885 g/mol. The molecule has 2 aromatic heterocycles. The second-order valence-electron chi connectivity index (χ2n) is 13.4. The van der Waals surface area contributed by atoms with Crippen LogP contribution in [0.25, 0.3) is 22.2 Å². The lowest BCUT2D eigenvalue weighted by molar-refractivity contribution is -0.177. The molecule has 0 radical (unpaired) electrons. The zero-order valence-corrected chi connectivity index (χ0v) is 34.5. The molecule has 18 nitrogen and oxygen atoms in total. The Balaban J connectivity index is 0.946. The van der Waals surface area contributed by atoms with E-state index in [-0.39, 0.29) is 38.4 Å². The number of esters is 3. The summed E-state index contributed by atoms with van der Waals surface area (Å²) in [4.78, 5) is 80.7. The first-order valence-electron chi connectivity index (χ1n) is 18.8. The van der Waals surface area contributed by atoms with Crippen LogP contribution in [-0.2, 0) is 39.9 Å². The third-order valence-corrected chi connectivity index (χ3v) is 9.95. The summed E-state index contributed by atoms with van der Waals surface area (Å²) in [6, 6.07) is 17.6. The summed E-state index contributed by atoms with van der Waals surface area (Å²) < 4.78 is 21.8. The van der Waals surface area contributed by atoms with Crippen LogP contribution in [0.1, 0.15) is 32.3 Å². The number of rotatable bonds is 16. The van der Waals surface area contributed by atoms with Gasteiger partial charge in [-0.15, -0.1) is 0 Å². The molecule has 1 aliphatic rings. The van der Waals surface area contributed by atoms with Crippen LogP contribution in [-0.4, -0.2) is 111 Å². The van der Waals surface area contributed by atoms with E-state index in [0.717, 1.165) is 16.7 Å². The Morgan fingerprint density at radius 2 is 1.72 bits per heavy atom. The number of benzene rings is 3. The number of H-pyrrole nitrogens is 1. The molecule has 6 rings (SSSR count). The predicted molar refractivity (Wildman–Crippen MR) is 223 cm³/mol. The number of carbonyl (C=O) groups excluding carboxylic acids is 5. The minimum Gasteiger partial charge on any atom is -0.497 e. The fraction of sp³-hybridized carbons (Fsp3) is 0.293. The summed E-state index contributed by atoms with van der Waals surface area (Å²) in [5.41, 5.74) is 5.09. The Morgan fingerprint density at radius 3 is 2.48 bits per heavy atom. The number of aliphatic imine (C=N–C) groups is 1. The molecule has 5 aromatic rings. The van der Waals surface area contributed by atoms with E-state index in [1.165, 1.54) is 23.6 Å². The fourth-order valence-electron chi connectivity index (χ4n) is 5.96. The quantitative estimate of drug-likeness (QED) is 0.0845. The number of hydrogen-bond donors (Lipinski definition) is 3. The molecule has 1 aliphatic heterocycles. The molecule has 2 atom stereocenters.